The van der Waals surface area contributed by atoms with E-state index in [0.29, 0.717) is 11.0 Å². The first-order valence-corrected chi connectivity index (χ1v) is 9.07. The third kappa shape index (κ3) is 2.92. The summed E-state index contributed by atoms with van der Waals surface area (Å²) in [5.41, 5.74) is 1.16. The molecule has 20 heavy (non-hydrogen) atoms. The van der Waals surface area contributed by atoms with Gasteiger partial charge in [-0.05, 0) is 43.4 Å². The van der Waals surface area contributed by atoms with E-state index in [2.05, 4.69) is 31.0 Å². The van der Waals surface area contributed by atoms with Crippen LogP contribution in [0.4, 0.5) is 0 Å². The quantitative estimate of drug-likeness (QED) is 0.841. The summed E-state index contributed by atoms with van der Waals surface area (Å²) in [6, 6.07) is 0.756. The van der Waals surface area contributed by atoms with Gasteiger partial charge in [-0.1, -0.05) is 40.0 Å². The van der Waals surface area contributed by atoms with E-state index in [-0.39, 0.29) is 0 Å². The fourth-order valence-corrected chi connectivity index (χ4v) is 4.64. The monoisotopic (exact) mass is 278 g/mol. The normalized spacial score (nSPS) is 32.7. The Kier molecular flexibility index (Phi) is 4.16. The summed E-state index contributed by atoms with van der Waals surface area (Å²) < 4.78 is 0. The second-order valence-electron chi connectivity index (χ2n) is 8.29. The maximum absolute atomic E-state index is 3.98. The van der Waals surface area contributed by atoms with Crippen LogP contribution in [-0.4, -0.2) is 36.1 Å². The van der Waals surface area contributed by atoms with Crippen LogP contribution in [0.3, 0.4) is 0 Å². The molecule has 0 amide bonds. The summed E-state index contributed by atoms with van der Waals surface area (Å²) in [5, 5.41) is 3.98. The lowest BCUT2D eigenvalue weighted by Crippen LogP contribution is -2.66. The van der Waals surface area contributed by atoms with E-state index in [9.17, 15) is 0 Å². The van der Waals surface area contributed by atoms with Crippen molar-refractivity contribution in [3.8, 4) is 0 Å². The molecule has 3 rings (SSSR count). The van der Waals surface area contributed by atoms with Crippen LogP contribution in [0, 0.1) is 11.3 Å². The zero-order valence-electron chi connectivity index (χ0n) is 13.9. The molecule has 1 unspecified atom stereocenters. The molecule has 2 heteroatoms. The molecule has 1 atom stereocenters. The van der Waals surface area contributed by atoms with Crippen molar-refractivity contribution in [1.29, 1.82) is 0 Å². The van der Waals surface area contributed by atoms with E-state index < -0.39 is 0 Å². The van der Waals surface area contributed by atoms with Crippen molar-refractivity contribution < 1.29 is 0 Å². The van der Waals surface area contributed by atoms with Crippen molar-refractivity contribution >= 4 is 0 Å². The molecular formula is C18H34N2. The summed E-state index contributed by atoms with van der Waals surface area (Å²) in [4.78, 5) is 2.89. The van der Waals surface area contributed by atoms with Gasteiger partial charge in [0.15, 0.2) is 0 Å². The van der Waals surface area contributed by atoms with Gasteiger partial charge < -0.3 is 5.32 Å². The Morgan fingerprint density at radius 2 is 1.80 bits per heavy atom. The highest BCUT2D eigenvalue weighted by molar-refractivity contribution is 5.03. The fourth-order valence-electron chi connectivity index (χ4n) is 4.64. The SMILES string of the molecule is CCC1(CN2CC3(CCCCC3)NCC2C(C)C)CC1. The van der Waals surface area contributed by atoms with Gasteiger partial charge in [0.25, 0.3) is 0 Å². The van der Waals surface area contributed by atoms with Gasteiger partial charge in [0.2, 0.25) is 0 Å². The first-order valence-electron chi connectivity index (χ1n) is 9.07. The van der Waals surface area contributed by atoms with E-state index >= 15 is 0 Å². The molecule has 2 saturated carbocycles. The Morgan fingerprint density at radius 1 is 1.10 bits per heavy atom. The molecule has 1 N–H and O–H groups in total. The van der Waals surface area contributed by atoms with Crippen LogP contribution in [0.1, 0.15) is 72.1 Å². The highest BCUT2D eigenvalue weighted by Crippen LogP contribution is 2.50. The second kappa shape index (κ2) is 5.61. The highest BCUT2D eigenvalue weighted by atomic mass is 15.3. The van der Waals surface area contributed by atoms with E-state index in [0.717, 1.165) is 12.0 Å². The first-order chi connectivity index (χ1) is 9.58. The van der Waals surface area contributed by atoms with Crippen molar-refractivity contribution in [3.63, 3.8) is 0 Å². The Balaban J connectivity index is 1.70. The Morgan fingerprint density at radius 3 is 2.35 bits per heavy atom. The molecular weight excluding hydrogens is 244 g/mol. The van der Waals surface area contributed by atoms with Gasteiger partial charge in [-0.3, -0.25) is 4.90 Å². The minimum atomic E-state index is 0.466. The summed E-state index contributed by atoms with van der Waals surface area (Å²) in [5.74, 6) is 0.774. The Hall–Kier alpha value is -0.0800. The van der Waals surface area contributed by atoms with Gasteiger partial charge in [-0.25, -0.2) is 0 Å². The van der Waals surface area contributed by atoms with Gasteiger partial charge in [0.05, 0.1) is 0 Å². The molecule has 1 saturated heterocycles. The van der Waals surface area contributed by atoms with Crippen molar-refractivity contribution in [2.75, 3.05) is 19.6 Å². The number of nitrogens with zero attached hydrogens (tertiary/aromatic N) is 1. The summed E-state index contributed by atoms with van der Waals surface area (Å²) in [6.07, 6.45) is 11.5. The van der Waals surface area contributed by atoms with E-state index in [1.54, 1.807) is 0 Å². The maximum Gasteiger partial charge on any atom is 0.0309 e. The van der Waals surface area contributed by atoms with Gasteiger partial charge in [-0.15, -0.1) is 0 Å². The Labute approximate surface area is 125 Å². The average molecular weight is 278 g/mol. The van der Waals surface area contributed by atoms with Gasteiger partial charge in [-0.2, -0.15) is 0 Å². The van der Waals surface area contributed by atoms with Crippen LogP contribution < -0.4 is 5.32 Å². The smallest absolute Gasteiger partial charge is 0.0309 e. The van der Waals surface area contributed by atoms with Crippen LogP contribution in [0.15, 0.2) is 0 Å². The van der Waals surface area contributed by atoms with Crippen molar-refractivity contribution in [1.82, 2.24) is 10.2 Å². The van der Waals surface area contributed by atoms with Crippen LogP contribution in [0.5, 0.6) is 0 Å². The minimum absolute atomic E-state index is 0.466. The third-order valence-corrected chi connectivity index (χ3v) is 6.49. The lowest BCUT2D eigenvalue weighted by atomic mass is 9.78. The predicted molar refractivity (Wildman–Crippen MR) is 86.0 cm³/mol. The number of rotatable bonds is 4. The fraction of sp³-hybridized carbons (Fsp3) is 1.00. The maximum atomic E-state index is 3.98. The number of piperazine rings is 1. The number of hydrogen-bond acceptors (Lipinski definition) is 2. The third-order valence-electron chi connectivity index (χ3n) is 6.49. The van der Waals surface area contributed by atoms with Crippen LogP contribution in [0.2, 0.25) is 0 Å². The molecule has 0 bridgehead atoms. The van der Waals surface area contributed by atoms with Crippen molar-refractivity contribution in [2.45, 2.75) is 83.7 Å². The molecule has 3 aliphatic rings. The molecule has 0 aromatic heterocycles. The molecule has 0 radical (unpaired) electrons. The van der Waals surface area contributed by atoms with E-state index in [4.69, 9.17) is 0 Å². The number of hydrogen-bond donors (Lipinski definition) is 1. The largest absolute Gasteiger partial charge is 0.308 e. The minimum Gasteiger partial charge on any atom is -0.308 e. The van der Waals surface area contributed by atoms with Crippen LogP contribution in [0.25, 0.3) is 0 Å². The molecule has 0 aromatic rings. The van der Waals surface area contributed by atoms with Crippen molar-refractivity contribution in [2.24, 2.45) is 11.3 Å². The zero-order valence-corrected chi connectivity index (χ0v) is 13.9. The average Bonchev–Trinajstić information content (AvgIpc) is 3.20. The lowest BCUT2D eigenvalue weighted by Gasteiger charge is -2.51. The highest BCUT2D eigenvalue weighted by Gasteiger charge is 2.47. The molecule has 2 nitrogen and oxygen atoms in total. The molecule has 0 aromatic carbocycles. The van der Waals surface area contributed by atoms with Crippen LogP contribution >= 0.6 is 0 Å². The standard InChI is InChI=1S/C18H34N2/c1-4-17(10-11-17)13-20-14-18(8-6-5-7-9-18)19-12-16(20)15(2)3/h15-16,19H,4-14H2,1-3H3. The van der Waals surface area contributed by atoms with Crippen LogP contribution in [-0.2, 0) is 0 Å². The second-order valence-corrected chi connectivity index (χ2v) is 8.29. The predicted octanol–water partition coefficient (Wildman–Crippen LogP) is 3.81. The van der Waals surface area contributed by atoms with E-state index in [1.165, 1.54) is 71.0 Å². The molecule has 2 aliphatic carbocycles. The zero-order chi connectivity index (χ0) is 14.2. The molecule has 116 valence electrons. The van der Waals surface area contributed by atoms with E-state index in [1.807, 2.05) is 0 Å². The summed E-state index contributed by atoms with van der Waals surface area (Å²) >= 11 is 0. The topological polar surface area (TPSA) is 15.3 Å². The van der Waals surface area contributed by atoms with Gasteiger partial charge in [0, 0.05) is 31.2 Å². The first kappa shape index (κ1) is 14.8. The Bertz CT molecular complexity index is 326. The molecule has 1 spiro atoms. The lowest BCUT2D eigenvalue weighted by molar-refractivity contribution is 0.0221. The summed E-state index contributed by atoms with van der Waals surface area (Å²) in [6.45, 7) is 11.1. The number of nitrogens with one attached hydrogen (secondary N) is 1. The van der Waals surface area contributed by atoms with Crippen molar-refractivity contribution in [3.05, 3.63) is 0 Å². The van der Waals surface area contributed by atoms with Gasteiger partial charge >= 0.3 is 0 Å². The van der Waals surface area contributed by atoms with Gasteiger partial charge in [0.1, 0.15) is 0 Å². The molecule has 1 aliphatic heterocycles. The molecule has 1 heterocycles. The summed E-state index contributed by atoms with van der Waals surface area (Å²) in [7, 11) is 0. The molecule has 3 fully saturated rings.